The molecule has 0 radical (unpaired) electrons. The van der Waals surface area contributed by atoms with Gasteiger partial charge in [0.25, 0.3) is 5.56 Å². The molecule has 0 unspecified atom stereocenters. The van der Waals surface area contributed by atoms with Crippen LogP contribution in [0.1, 0.15) is 21.5 Å². The lowest BCUT2D eigenvalue weighted by Gasteiger charge is -2.11. The van der Waals surface area contributed by atoms with Crippen molar-refractivity contribution < 1.29 is 24.0 Å². The van der Waals surface area contributed by atoms with E-state index in [9.17, 15) is 24.8 Å². The Labute approximate surface area is 236 Å². The minimum atomic E-state index is -1.11. The van der Waals surface area contributed by atoms with Crippen LogP contribution in [0, 0.1) is 10.1 Å². The number of fused-ring (bicyclic) bond motifs is 2. The van der Waals surface area contributed by atoms with Gasteiger partial charge in [0.2, 0.25) is 11.6 Å². The van der Waals surface area contributed by atoms with E-state index < -0.39 is 16.5 Å². The Kier molecular flexibility index (Phi) is 6.73. The molecule has 6 rings (SSSR count). The topological polar surface area (TPSA) is 150 Å². The fourth-order valence-electron chi connectivity index (χ4n) is 4.50. The van der Waals surface area contributed by atoms with Gasteiger partial charge in [-0.05, 0) is 48.0 Å². The number of carbonyl (C=O) groups is 1. The van der Waals surface area contributed by atoms with Crippen LogP contribution in [0.25, 0.3) is 33.5 Å². The summed E-state index contributed by atoms with van der Waals surface area (Å²) in [6.07, 6.45) is 1.28. The summed E-state index contributed by atoms with van der Waals surface area (Å²) in [6, 6.07) is 26.3. The molecular weight excluding hydrogens is 540 g/mol. The second-order valence-corrected chi connectivity index (χ2v) is 9.21. The predicted octanol–water partition coefficient (Wildman–Crippen LogP) is 5.88. The normalized spacial score (nSPS) is 11.3. The number of ether oxygens (including phenoxy) is 1. The molecule has 0 spiro atoms. The minimum Gasteiger partial charge on any atom is -0.481 e. The van der Waals surface area contributed by atoms with E-state index >= 15 is 0 Å². The molecule has 11 nitrogen and oxygen atoms in total. The number of para-hydroxylation sites is 3. The number of benzene rings is 4. The molecule has 0 aliphatic heterocycles. The summed E-state index contributed by atoms with van der Waals surface area (Å²) in [5.74, 6) is -0.751. The van der Waals surface area contributed by atoms with Gasteiger partial charge in [0.15, 0.2) is 5.76 Å². The average molecular weight is 561 g/mol. The lowest BCUT2D eigenvalue weighted by Crippen LogP contribution is -2.20. The minimum absolute atomic E-state index is 0.0572. The van der Waals surface area contributed by atoms with E-state index in [2.05, 4.69) is 10.1 Å². The Morgan fingerprint density at radius 1 is 1.02 bits per heavy atom. The van der Waals surface area contributed by atoms with Gasteiger partial charge in [-0.15, -0.1) is 0 Å². The highest BCUT2D eigenvalue weighted by Gasteiger charge is 2.20. The Morgan fingerprint density at radius 3 is 2.62 bits per heavy atom. The van der Waals surface area contributed by atoms with Gasteiger partial charge in [0.1, 0.15) is 12.2 Å². The third-order valence-corrected chi connectivity index (χ3v) is 6.49. The number of nitro groups is 1. The van der Waals surface area contributed by atoms with Crippen molar-refractivity contribution in [1.29, 1.82) is 0 Å². The SMILES string of the molecule is O=C(O)c1cccc(COc2c(C=Nn3c(-c4cc5ccccc5o4)nc4ccccc4c3=O)cccc2[N+](=O)[O-])c1. The number of rotatable bonds is 8. The van der Waals surface area contributed by atoms with Crippen LogP contribution in [0.4, 0.5) is 5.69 Å². The second kappa shape index (κ2) is 10.8. The molecular formula is C31H20N4O7. The van der Waals surface area contributed by atoms with Crippen molar-refractivity contribution in [3.8, 4) is 17.3 Å². The largest absolute Gasteiger partial charge is 0.481 e. The number of nitrogens with zero attached hydrogens (tertiary/aromatic N) is 4. The molecule has 0 saturated heterocycles. The van der Waals surface area contributed by atoms with Crippen LogP contribution in [0.2, 0.25) is 0 Å². The van der Waals surface area contributed by atoms with Crippen LogP contribution in [-0.4, -0.2) is 31.9 Å². The Balaban J connectivity index is 1.45. The number of furan rings is 1. The number of aromatic carboxylic acids is 1. The van der Waals surface area contributed by atoms with Gasteiger partial charge in [0, 0.05) is 17.0 Å². The third-order valence-electron chi connectivity index (χ3n) is 6.49. The predicted molar refractivity (Wildman–Crippen MR) is 155 cm³/mol. The van der Waals surface area contributed by atoms with E-state index in [4.69, 9.17) is 9.15 Å². The smallest absolute Gasteiger partial charge is 0.335 e. The Hall–Kier alpha value is -6.10. The molecule has 1 N–H and O–H groups in total. The number of hydrogen-bond donors (Lipinski definition) is 1. The van der Waals surface area contributed by atoms with Crippen LogP contribution < -0.4 is 10.3 Å². The summed E-state index contributed by atoms with van der Waals surface area (Å²) in [7, 11) is 0. The van der Waals surface area contributed by atoms with Crippen molar-refractivity contribution in [3.63, 3.8) is 0 Å². The summed E-state index contributed by atoms with van der Waals surface area (Å²) in [6.45, 7) is -0.144. The maximum absolute atomic E-state index is 13.6. The van der Waals surface area contributed by atoms with E-state index in [-0.39, 0.29) is 35.0 Å². The molecule has 0 amide bonds. The number of carboxylic acids is 1. The number of nitro benzene ring substituents is 1. The molecule has 6 aromatic rings. The average Bonchev–Trinajstić information content (AvgIpc) is 3.44. The molecule has 0 aliphatic rings. The fraction of sp³-hybridized carbons (Fsp3) is 0.0323. The van der Waals surface area contributed by atoms with Gasteiger partial charge in [-0.2, -0.15) is 9.78 Å². The Morgan fingerprint density at radius 2 is 1.81 bits per heavy atom. The lowest BCUT2D eigenvalue weighted by atomic mass is 10.1. The zero-order chi connectivity index (χ0) is 29.2. The first-order chi connectivity index (χ1) is 20.4. The van der Waals surface area contributed by atoms with Gasteiger partial charge in [-0.25, -0.2) is 9.78 Å². The van der Waals surface area contributed by atoms with Crippen molar-refractivity contribution in [2.24, 2.45) is 5.10 Å². The molecule has 0 saturated carbocycles. The van der Waals surface area contributed by atoms with Crippen LogP contribution in [-0.2, 0) is 6.61 Å². The van der Waals surface area contributed by atoms with Gasteiger partial charge in [-0.3, -0.25) is 14.9 Å². The van der Waals surface area contributed by atoms with Gasteiger partial charge in [0.05, 0.1) is 27.6 Å². The lowest BCUT2D eigenvalue weighted by molar-refractivity contribution is -0.385. The van der Waals surface area contributed by atoms with Crippen molar-refractivity contribution in [1.82, 2.24) is 9.66 Å². The molecule has 2 aromatic heterocycles. The summed E-state index contributed by atoms with van der Waals surface area (Å²) >= 11 is 0. The van der Waals surface area contributed by atoms with Gasteiger partial charge >= 0.3 is 11.7 Å². The summed E-state index contributed by atoms with van der Waals surface area (Å²) < 4.78 is 12.9. The molecule has 42 heavy (non-hydrogen) atoms. The molecule has 2 heterocycles. The van der Waals surface area contributed by atoms with Gasteiger partial charge < -0.3 is 14.3 Å². The van der Waals surface area contributed by atoms with E-state index in [0.717, 1.165) is 10.1 Å². The molecule has 11 heteroatoms. The number of aromatic nitrogens is 2. The zero-order valence-corrected chi connectivity index (χ0v) is 21.7. The molecule has 0 aliphatic carbocycles. The van der Waals surface area contributed by atoms with Crippen LogP contribution >= 0.6 is 0 Å². The van der Waals surface area contributed by atoms with Gasteiger partial charge in [-0.1, -0.05) is 48.5 Å². The highest BCUT2D eigenvalue weighted by molar-refractivity contribution is 5.88. The highest BCUT2D eigenvalue weighted by atomic mass is 16.6. The first-order valence-corrected chi connectivity index (χ1v) is 12.7. The van der Waals surface area contributed by atoms with Crippen molar-refractivity contribution in [2.45, 2.75) is 6.61 Å². The van der Waals surface area contributed by atoms with Crippen LogP contribution in [0.3, 0.4) is 0 Å². The highest BCUT2D eigenvalue weighted by Crippen LogP contribution is 2.31. The van der Waals surface area contributed by atoms with E-state index in [1.54, 1.807) is 54.6 Å². The first kappa shape index (κ1) is 26.1. The molecule has 0 bridgehead atoms. The maximum Gasteiger partial charge on any atom is 0.335 e. The quantitative estimate of drug-likeness (QED) is 0.138. The summed E-state index contributed by atoms with van der Waals surface area (Å²) in [5.41, 5.74) is 1.04. The molecule has 4 aromatic carbocycles. The monoisotopic (exact) mass is 560 g/mol. The van der Waals surface area contributed by atoms with E-state index in [0.29, 0.717) is 27.8 Å². The summed E-state index contributed by atoms with van der Waals surface area (Å²) in [4.78, 5) is 40.9. The fourth-order valence-corrected chi connectivity index (χ4v) is 4.50. The van der Waals surface area contributed by atoms with Crippen molar-refractivity contribution in [2.75, 3.05) is 0 Å². The summed E-state index contributed by atoms with van der Waals surface area (Å²) in [5, 5.41) is 26.7. The molecule has 0 fully saturated rings. The standard InChI is InChI=1S/C31H20N4O7/c36-30-23-11-2-3-12-24(23)33-29(27-16-20-8-1-4-14-26(20)42-27)34(30)32-17-22-10-6-13-25(35(39)40)28(22)41-18-19-7-5-9-21(15-19)31(37)38/h1-17H,18H2,(H,37,38). The maximum atomic E-state index is 13.6. The number of carboxylic acid groups (broad SMARTS) is 1. The third kappa shape index (κ3) is 4.97. The Bertz CT molecular complexity index is 2060. The molecule has 0 atom stereocenters. The first-order valence-electron chi connectivity index (χ1n) is 12.7. The van der Waals surface area contributed by atoms with E-state index in [1.807, 2.05) is 18.2 Å². The second-order valence-electron chi connectivity index (χ2n) is 9.21. The number of hydrogen-bond acceptors (Lipinski definition) is 8. The van der Waals surface area contributed by atoms with Crippen molar-refractivity contribution >= 4 is 39.7 Å². The zero-order valence-electron chi connectivity index (χ0n) is 21.7. The van der Waals surface area contributed by atoms with Crippen LogP contribution in [0.5, 0.6) is 5.75 Å². The van der Waals surface area contributed by atoms with Crippen molar-refractivity contribution in [3.05, 3.63) is 134 Å². The van der Waals surface area contributed by atoms with E-state index in [1.165, 1.54) is 30.5 Å². The molecule has 206 valence electrons. The van der Waals surface area contributed by atoms with Crippen LogP contribution in [0.15, 0.2) is 111 Å².